The van der Waals surface area contributed by atoms with E-state index in [1.54, 1.807) is 0 Å². The average Bonchev–Trinajstić information content (AvgIpc) is 2.24. The molecule has 1 rings (SSSR count). The van der Waals surface area contributed by atoms with Crippen LogP contribution in [0.3, 0.4) is 0 Å². The number of primary amides is 1. The van der Waals surface area contributed by atoms with Crippen LogP contribution in [0.1, 0.15) is 46.5 Å². The van der Waals surface area contributed by atoms with Crippen molar-refractivity contribution >= 4 is 5.91 Å². The molecule has 1 fully saturated rings. The number of nitrogens with one attached hydrogen (secondary N) is 1. The summed E-state index contributed by atoms with van der Waals surface area (Å²) in [7, 11) is 0. The molecule has 0 aromatic rings. The van der Waals surface area contributed by atoms with Gasteiger partial charge in [0, 0.05) is 12.0 Å². The van der Waals surface area contributed by atoms with Gasteiger partial charge in [0.05, 0.1) is 0 Å². The summed E-state index contributed by atoms with van der Waals surface area (Å²) in [5.41, 5.74) is 5.45. The quantitative estimate of drug-likeness (QED) is 0.704. The van der Waals surface area contributed by atoms with Crippen LogP contribution in [0.5, 0.6) is 0 Å². The second-order valence-electron chi connectivity index (χ2n) is 6.49. The number of piperidine rings is 1. The van der Waals surface area contributed by atoms with Gasteiger partial charge in [0.2, 0.25) is 5.91 Å². The molecule has 106 valence electrons. The van der Waals surface area contributed by atoms with E-state index in [9.17, 15) is 4.79 Å². The summed E-state index contributed by atoms with van der Waals surface area (Å²) in [4.78, 5) is 13.4. The maximum atomic E-state index is 10.9. The lowest BCUT2D eigenvalue weighted by atomic mass is 9.93. The smallest absolute Gasteiger partial charge is 0.217 e. The Morgan fingerprint density at radius 2 is 1.94 bits per heavy atom. The van der Waals surface area contributed by atoms with Gasteiger partial charge in [-0.25, -0.2) is 0 Å². The summed E-state index contributed by atoms with van der Waals surface area (Å²) in [6.07, 6.45) is 4.00. The second-order valence-corrected chi connectivity index (χ2v) is 6.49. The van der Waals surface area contributed by atoms with E-state index >= 15 is 0 Å². The Kier molecular flexibility index (Phi) is 6.09. The molecule has 0 unspecified atom stereocenters. The molecule has 0 saturated carbocycles. The molecule has 0 radical (unpaired) electrons. The van der Waals surface area contributed by atoms with Crippen molar-refractivity contribution in [3.05, 3.63) is 0 Å². The number of amides is 1. The molecule has 0 atom stereocenters. The van der Waals surface area contributed by atoms with E-state index in [-0.39, 0.29) is 11.4 Å². The summed E-state index contributed by atoms with van der Waals surface area (Å²) in [6.45, 7) is 11.1. The van der Waals surface area contributed by atoms with Crippen LogP contribution in [0, 0.1) is 5.92 Å². The van der Waals surface area contributed by atoms with Crippen molar-refractivity contribution in [2.24, 2.45) is 11.7 Å². The summed E-state index contributed by atoms with van der Waals surface area (Å²) in [6, 6.07) is 0. The van der Waals surface area contributed by atoms with Crippen molar-refractivity contribution in [1.29, 1.82) is 0 Å². The van der Waals surface area contributed by atoms with Gasteiger partial charge in [-0.3, -0.25) is 4.79 Å². The number of hydrogen-bond donors (Lipinski definition) is 2. The lowest BCUT2D eigenvalue weighted by molar-refractivity contribution is -0.119. The third-order valence-electron chi connectivity index (χ3n) is 3.50. The van der Waals surface area contributed by atoms with Crippen molar-refractivity contribution in [2.75, 3.05) is 26.2 Å². The zero-order chi connectivity index (χ0) is 13.6. The Bertz CT molecular complexity index is 252. The lowest BCUT2D eigenvalue weighted by Gasteiger charge is -2.31. The normalized spacial score (nSPS) is 19.1. The van der Waals surface area contributed by atoms with Crippen molar-refractivity contribution in [2.45, 2.75) is 52.0 Å². The predicted octanol–water partition coefficient (Wildman–Crippen LogP) is 1.35. The average molecular weight is 255 g/mol. The van der Waals surface area contributed by atoms with Crippen LogP contribution in [0.2, 0.25) is 0 Å². The molecule has 1 amide bonds. The highest BCUT2D eigenvalue weighted by Crippen LogP contribution is 2.20. The van der Waals surface area contributed by atoms with E-state index in [0.717, 1.165) is 39.0 Å². The van der Waals surface area contributed by atoms with E-state index in [4.69, 9.17) is 5.73 Å². The Morgan fingerprint density at radius 1 is 1.33 bits per heavy atom. The number of likely N-dealkylation sites (tertiary alicyclic amines) is 1. The first-order valence-corrected chi connectivity index (χ1v) is 7.12. The molecule has 0 aromatic carbocycles. The first-order valence-electron chi connectivity index (χ1n) is 7.12. The molecule has 18 heavy (non-hydrogen) atoms. The van der Waals surface area contributed by atoms with Crippen LogP contribution in [0.4, 0.5) is 0 Å². The van der Waals surface area contributed by atoms with Gasteiger partial charge in [-0.15, -0.1) is 0 Å². The van der Waals surface area contributed by atoms with Gasteiger partial charge in [-0.2, -0.15) is 0 Å². The number of nitrogens with zero attached hydrogens (tertiary/aromatic N) is 1. The van der Waals surface area contributed by atoms with Crippen LogP contribution in [-0.4, -0.2) is 42.5 Å². The maximum absolute atomic E-state index is 10.9. The molecule has 1 saturated heterocycles. The van der Waals surface area contributed by atoms with Gasteiger partial charge in [0.25, 0.3) is 0 Å². The standard InChI is InChI=1S/C14H29N3O/c1-14(2,3)16-7-4-8-17-9-5-12(6-10-17)11-13(15)18/h12,16H,4-11H2,1-3H3,(H2,15,18). The van der Waals surface area contributed by atoms with Crippen LogP contribution in [-0.2, 0) is 4.79 Å². The molecule has 4 heteroatoms. The number of rotatable bonds is 6. The van der Waals surface area contributed by atoms with Gasteiger partial charge in [-0.05, 0) is 72.1 Å². The first kappa shape index (κ1) is 15.4. The van der Waals surface area contributed by atoms with Gasteiger partial charge in [-0.1, -0.05) is 0 Å². The van der Waals surface area contributed by atoms with Gasteiger partial charge >= 0.3 is 0 Å². The third kappa shape index (κ3) is 6.97. The lowest BCUT2D eigenvalue weighted by Crippen LogP contribution is -2.39. The SMILES string of the molecule is CC(C)(C)NCCCN1CCC(CC(N)=O)CC1. The Balaban J connectivity index is 2.07. The van der Waals surface area contributed by atoms with E-state index < -0.39 is 0 Å². The Hall–Kier alpha value is -0.610. The number of carbonyl (C=O) groups excluding carboxylic acids is 1. The van der Waals surface area contributed by atoms with Crippen molar-refractivity contribution in [1.82, 2.24) is 10.2 Å². The monoisotopic (exact) mass is 255 g/mol. The molecule has 1 aliphatic rings. The molecule has 4 nitrogen and oxygen atoms in total. The number of hydrogen-bond acceptors (Lipinski definition) is 3. The summed E-state index contributed by atoms with van der Waals surface area (Å²) < 4.78 is 0. The maximum Gasteiger partial charge on any atom is 0.217 e. The van der Waals surface area contributed by atoms with Gasteiger partial charge in [0.1, 0.15) is 0 Å². The summed E-state index contributed by atoms with van der Waals surface area (Å²) >= 11 is 0. The summed E-state index contributed by atoms with van der Waals surface area (Å²) in [5.74, 6) is 0.370. The molecule has 1 heterocycles. The summed E-state index contributed by atoms with van der Waals surface area (Å²) in [5, 5.41) is 3.51. The fourth-order valence-corrected chi connectivity index (χ4v) is 2.46. The zero-order valence-corrected chi connectivity index (χ0v) is 12.2. The van der Waals surface area contributed by atoms with Crippen molar-refractivity contribution in [3.8, 4) is 0 Å². The highest BCUT2D eigenvalue weighted by atomic mass is 16.1. The van der Waals surface area contributed by atoms with Crippen LogP contribution in [0.25, 0.3) is 0 Å². The predicted molar refractivity (Wildman–Crippen MR) is 75.3 cm³/mol. The van der Waals surface area contributed by atoms with E-state index in [1.807, 2.05) is 0 Å². The second kappa shape index (κ2) is 7.10. The molecule has 3 N–H and O–H groups in total. The fraction of sp³-hybridized carbons (Fsp3) is 0.929. The minimum atomic E-state index is -0.150. The van der Waals surface area contributed by atoms with E-state index in [0.29, 0.717) is 12.3 Å². The highest BCUT2D eigenvalue weighted by molar-refractivity contribution is 5.73. The Labute approximate surface area is 111 Å². The molecule has 0 aliphatic carbocycles. The molecule has 0 bridgehead atoms. The molecular formula is C14H29N3O. The third-order valence-corrected chi connectivity index (χ3v) is 3.50. The van der Waals surface area contributed by atoms with Crippen LogP contribution < -0.4 is 11.1 Å². The minimum absolute atomic E-state index is 0.150. The molecule has 0 spiro atoms. The first-order chi connectivity index (χ1) is 8.37. The van der Waals surface area contributed by atoms with Crippen molar-refractivity contribution in [3.63, 3.8) is 0 Å². The van der Waals surface area contributed by atoms with Crippen LogP contribution in [0.15, 0.2) is 0 Å². The number of carbonyl (C=O) groups is 1. The molecular weight excluding hydrogens is 226 g/mol. The number of nitrogens with two attached hydrogens (primary N) is 1. The van der Waals surface area contributed by atoms with E-state index in [2.05, 4.69) is 31.0 Å². The molecule has 1 aliphatic heterocycles. The minimum Gasteiger partial charge on any atom is -0.370 e. The Morgan fingerprint density at radius 3 is 2.44 bits per heavy atom. The van der Waals surface area contributed by atoms with Gasteiger partial charge < -0.3 is 16.0 Å². The fourth-order valence-electron chi connectivity index (χ4n) is 2.46. The van der Waals surface area contributed by atoms with Gasteiger partial charge in [0.15, 0.2) is 0 Å². The van der Waals surface area contributed by atoms with Crippen molar-refractivity contribution < 1.29 is 4.79 Å². The largest absolute Gasteiger partial charge is 0.370 e. The zero-order valence-electron chi connectivity index (χ0n) is 12.2. The highest BCUT2D eigenvalue weighted by Gasteiger charge is 2.20. The molecule has 0 aromatic heterocycles. The van der Waals surface area contributed by atoms with E-state index in [1.165, 1.54) is 6.42 Å². The topological polar surface area (TPSA) is 58.4 Å². The van der Waals surface area contributed by atoms with Crippen LogP contribution >= 0.6 is 0 Å².